The molecule has 0 aliphatic heterocycles. The second-order valence-electron chi connectivity index (χ2n) is 3.47. The first-order valence-corrected chi connectivity index (χ1v) is 7.41. The first-order valence-electron chi connectivity index (χ1n) is 5.87. The number of rotatable bonds is 7. The van der Waals surface area contributed by atoms with E-state index in [2.05, 4.69) is 10.5 Å². The van der Waals surface area contributed by atoms with E-state index in [4.69, 9.17) is 9.05 Å². The Morgan fingerprint density at radius 2 is 1.78 bits per heavy atom. The van der Waals surface area contributed by atoms with Crippen LogP contribution in [0, 0.1) is 0 Å². The van der Waals surface area contributed by atoms with Gasteiger partial charge in [-0.1, -0.05) is 18.2 Å². The summed E-state index contributed by atoms with van der Waals surface area (Å²) in [4.78, 5) is 0. The van der Waals surface area contributed by atoms with Crippen LogP contribution in [-0.2, 0) is 13.6 Å². The van der Waals surface area contributed by atoms with Gasteiger partial charge >= 0.3 is 7.60 Å². The van der Waals surface area contributed by atoms with Crippen LogP contribution in [0.1, 0.15) is 20.8 Å². The standard InChI is InChI=1S/C12H19N2O3P/c1-4-16-18(15,17-5-2)11(3)13-14-12-9-7-6-8-10-12/h6-10,14H,4-5H2,1-3H3/b13-11+. The van der Waals surface area contributed by atoms with Crippen molar-refractivity contribution < 1.29 is 13.6 Å². The molecule has 0 bridgehead atoms. The molecule has 0 aliphatic rings. The van der Waals surface area contributed by atoms with Crippen LogP contribution in [0.2, 0.25) is 0 Å². The van der Waals surface area contributed by atoms with Gasteiger partial charge in [0, 0.05) is 0 Å². The maximum absolute atomic E-state index is 12.3. The lowest BCUT2D eigenvalue weighted by Gasteiger charge is -2.16. The zero-order valence-corrected chi connectivity index (χ0v) is 11.8. The molecule has 100 valence electrons. The minimum absolute atomic E-state index is 0.315. The van der Waals surface area contributed by atoms with E-state index >= 15 is 0 Å². The fourth-order valence-corrected chi connectivity index (χ4v) is 2.58. The van der Waals surface area contributed by atoms with Gasteiger partial charge in [-0.15, -0.1) is 0 Å². The number of nitrogens with zero attached hydrogens (tertiary/aromatic N) is 1. The molecule has 18 heavy (non-hydrogen) atoms. The molecule has 0 radical (unpaired) electrons. The van der Waals surface area contributed by atoms with Crippen LogP contribution in [-0.4, -0.2) is 18.7 Å². The number of nitrogens with one attached hydrogen (secondary N) is 1. The highest BCUT2D eigenvalue weighted by Gasteiger charge is 2.28. The number of hydrogen-bond donors (Lipinski definition) is 1. The summed E-state index contributed by atoms with van der Waals surface area (Å²) >= 11 is 0. The van der Waals surface area contributed by atoms with Crippen LogP contribution in [0.25, 0.3) is 0 Å². The molecule has 1 rings (SSSR count). The van der Waals surface area contributed by atoms with Crippen molar-refractivity contribution >= 4 is 18.7 Å². The highest BCUT2D eigenvalue weighted by Crippen LogP contribution is 2.49. The Hall–Kier alpha value is -1.16. The summed E-state index contributed by atoms with van der Waals surface area (Å²) < 4.78 is 22.7. The van der Waals surface area contributed by atoms with E-state index in [1.165, 1.54) is 0 Å². The van der Waals surface area contributed by atoms with E-state index in [1.54, 1.807) is 20.8 Å². The Labute approximate surface area is 108 Å². The van der Waals surface area contributed by atoms with Crippen molar-refractivity contribution in [2.24, 2.45) is 5.10 Å². The Morgan fingerprint density at radius 3 is 2.28 bits per heavy atom. The second kappa shape index (κ2) is 7.31. The number of benzene rings is 1. The molecule has 1 aromatic carbocycles. The Balaban J connectivity index is 2.77. The van der Waals surface area contributed by atoms with Gasteiger partial charge in [-0.2, -0.15) is 5.10 Å². The van der Waals surface area contributed by atoms with Gasteiger partial charge in [0.05, 0.1) is 18.9 Å². The number of para-hydroxylation sites is 1. The topological polar surface area (TPSA) is 59.9 Å². The summed E-state index contributed by atoms with van der Waals surface area (Å²) in [5, 5.41) is 4.06. The number of anilines is 1. The molecule has 0 saturated heterocycles. The van der Waals surface area contributed by atoms with E-state index in [0.29, 0.717) is 18.7 Å². The summed E-state index contributed by atoms with van der Waals surface area (Å²) in [6.45, 7) is 5.79. The quantitative estimate of drug-likeness (QED) is 0.466. The summed E-state index contributed by atoms with van der Waals surface area (Å²) in [5.74, 6) is 0. The van der Waals surface area contributed by atoms with Crippen LogP contribution < -0.4 is 5.43 Å². The minimum atomic E-state index is -3.26. The lowest BCUT2D eigenvalue weighted by molar-refractivity contribution is 0.232. The Bertz CT molecular complexity index is 424. The maximum Gasteiger partial charge on any atom is 0.376 e. The lowest BCUT2D eigenvalue weighted by Crippen LogP contribution is -2.06. The number of hydrazone groups is 1. The fraction of sp³-hybridized carbons (Fsp3) is 0.417. The van der Waals surface area contributed by atoms with Gasteiger partial charge in [-0.3, -0.25) is 9.99 Å². The SMILES string of the molecule is CCOP(=O)(OCC)/C(C)=N/Nc1ccccc1. The predicted molar refractivity (Wildman–Crippen MR) is 74.0 cm³/mol. The first kappa shape index (κ1) is 14.9. The highest BCUT2D eigenvalue weighted by atomic mass is 31.2. The van der Waals surface area contributed by atoms with Crippen molar-refractivity contribution in [3.05, 3.63) is 30.3 Å². The molecule has 0 aromatic heterocycles. The van der Waals surface area contributed by atoms with Gasteiger partial charge in [0.15, 0.2) is 0 Å². The Morgan fingerprint density at radius 1 is 1.22 bits per heavy atom. The van der Waals surface area contributed by atoms with Gasteiger partial charge in [-0.05, 0) is 32.9 Å². The van der Waals surface area contributed by atoms with Crippen LogP contribution >= 0.6 is 7.60 Å². The van der Waals surface area contributed by atoms with Crippen molar-refractivity contribution in [1.29, 1.82) is 0 Å². The molecule has 0 aliphatic carbocycles. The molecule has 0 spiro atoms. The molecule has 0 fully saturated rings. The average Bonchev–Trinajstić information content (AvgIpc) is 2.37. The molecular weight excluding hydrogens is 251 g/mol. The normalized spacial score (nSPS) is 12.5. The van der Waals surface area contributed by atoms with Gasteiger partial charge in [0.1, 0.15) is 5.45 Å². The fourth-order valence-electron chi connectivity index (χ4n) is 1.28. The smallest absolute Gasteiger partial charge is 0.305 e. The van der Waals surface area contributed by atoms with E-state index in [0.717, 1.165) is 5.69 Å². The monoisotopic (exact) mass is 270 g/mol. The largest absolute Gasteiger partial charge is 0.376 e. The van der Waals surface area contributed by atoms with Crippen molar-refractivity contribution in [3.8, 4) is 0 Å². The molecule has 1 N–H and O–H groups in total. The molecule has 0 amide bonds. The molecule has 0 unspecified atom stereocenters. The summed E-state index contributed by atoms with van der Waals surface area (Å²) in [5.41, 5.74) is 3.95. The third-order valence-electron chi connectivity index (χ3n) is 2.12. The third kappa shape index (κ3) is 4.26. The Kier molecular flexibility index (Phi) is 6.05. The average molecular weight is 270 g/mol. The van der Waals surface area contributed by atoms with Crippen molar-refractivity contribution in [2.75, 3.05) is 18.6 Å². The van der Waals surface area contributed by atoms with Crippen LogP contribution in [0.4, 0.5) is 5.69 Å². The first-order chi connectivity index (χ1) is 8.62. The molecular formula is C12H19N2O3P. The van der Waals surface area contributed by atoms with Gasteiger partial charge in [0.25, 0.3) is 0 Å². The lowest BCUT2D eigenvalue weighted by atomic mass is 10.3. The van der Waals surface area contributed by atoms with E-state index in [9.17, 15) is 4.57 Å². The third-order valence-corrected chi connectivity index (χ3v) is 4.20. The zero-order chi connectivity index (χ0) is 13.4. The molecule has 6 heteroatoms. The van der Waals surface area contributed by atoms with Crippen LogP contribution in [0.3, 0.4) is 0 Å². The molecule has 0 heterocycles. The maximum atomic E-state index is 12.3. The molecule has 5 nitrogen and oxygen atoms in total. The van der Waals surface area contributed by atoms with Crippen LogP contribution in [0.5, 0.6) is 0 Å². The van der Waals surface area contributed by atoms with E-state index in [-0.39, 0.29) is 0 Å². The van der Waals surface area contributed by atoms with Crippen molar-refractivity contribution in [2.45, 2.75) is 20.8 Å². The minimum Gasteiger partial charge on any atom is -0.305 e. The highest BCUT2D eigenvalue weighted by molar-refractivity contribution is 7.72. The zero-order valence-electron chi connectivity index (χ0n) is 10.9. The van der Waals surface area contributed by atoms with Crippen molar-refractivity contribution in [3.63, 3.8) is 0 Å². The second-order valence-corrected chi connectivity index (χ2v) is 5.63. The predicted octanol–water partition coefficient (Wildman–Crippen LogP) is 3.70. The van der Waals surface area contributed by atoms with Gasteiger partial charge in [0.2, 0.25) is 0 Å². The summed E-state index contributed by atoms with van der Waals surface area (Å²) in [6, 6.07) is 9.41. The summed E-state index contributed by atoms with van der Waals surface area (Å²) in [7, 11) is -3.26. The summed E-state index contributed by atoms with van der Waals surface area (Å²) in [6.07, 6.45) is 0. The molecule has 1 aromatic rings. The molecule has 0 saturated carbocycles. The van der Waals surface area contributed by atoms with Crippen LogP contribution in [0.15, 0.2) is 35.4 Å². The van der Waals surface area contributed by atoms with Gasteiger partial charge in [-0.25, -0.2) is 0 Å². The molecule has 0 atom stereocenters. The van der Waals surface area contributed by atoms with Crippen molar-refractivity contribution in [1.82, 2.24) is 0 Å². The van der Waals surface area contributed by atoms with Gasteiger partial charge < -0.3 is 9.05 Å². The number of hydrogen-bond acceptors (Lipinski definition) is 5. The van der Waals surface area contributed by atoms with E-state index in [1.807, 2.05) is 30.3 Å². The van der Waals surface area contributed by atoms with E-state index < -0.39 is 7.60 Å².